The van der Waals surface area contributed by atoms with E-state index in [-0.39, 0.29) is 16.9 Å². The molecule has 2 aromatic carbocycles. The average Bonchev–Trinajstić information content (AvgIpc) is 2.83. The van der Waals surface area contributed by atoms with Gasteiger partial charge in [0.1, 0.15) is 5.82 Å². The minimum atomic E-state index is -0.566. The van der Waals surface area contributed by atoms with Crippen molar-refractivity contribution in [2.24, 2.45) is 0 Å². The van der Waals surface area contributed by atoms with Crippen molar-refractivity contribution in [2.75, 3.05) is 33.3 Å². The summed E-state index contributed by atoms with van der Waals surface area (Å²) in [6.07, 6.45) is 1.54. The predicted octanol–water partition coefficient (Wildman–Crippen LogP) is 3.91. The maximum atomic E-state index is 13.5. The van der Waals surface area contributed by atoms with Crippen molar-refractivity contribution in [3.05, 3.63) is 71.4 Å². The third-order valence-electron chi connectivity index (χ3n) is 4.80. The Labute approximate surface area is 186 Å². The Morgan fingerprint density at radius 3 is 1.56 bits per heavy atom. The van der Waals surface area contributed by atoms with Crippen LogP contribution in [-0.4, -0.2) is 45.2 Å². The molecule has 0 fully saturated rings. The molecule has 0 saturated carbocycles. The molecule has 0 aliphatic heterocycles. The number of ether oxygens (including phenoxy) is 4. The first kappa shape index (κ1) is 22.6. The molecule has 3 rings (SSSR count). The summed E-state index contributed by atoms with van der Waals surface area (Å²) >= 11 is 0. The number of anilines is 1. The first-order valence-corrected chi connectivity index (χ1v) is 9.69. The van der Waals surface area contributed by atoms with Gasteiger partial charge in [0.25, 0.3) is 11.8 Å². The van der Waals surface area contributed by atoms with Crippen molar-refractivity contribution in [1.82, 2.24) is 4.98 Å². The molecule has 0 radical (unpaired) electrons. The van der Waals surface area contributed by atoms with Gasteiger partial charge in [-0.25, -0.2) is 9.88 Å². The van der Waals surface area contributed by atoms with Gasteiger partial charge >= 0.3 is 0 Å². The van der Waals surface area contributed by atoms with Crippen LogP contribution in [0.3, 0.4) is 0 Å². The fraction of sp³-hybridized carbons (Fsp3) is 0.208. The van der Waals surface area contributed by atoms with Gasteiger partial charge in [0.05, 0.1) is 28.4 Å². The number of hydrogen-bond donors (Lipinski definition) is 0. The molecule has 0 N–H and O–H groups in total. The van der Waals surface area contributed by atoms with Gasteiger partial charge in [-0.05, 0) is 61.0 Å². The van der Waals surface area contributed by atoms with E-state index in [0.29, 0.717) is 23.0 Å². The lowest BCUT2D eigenvalue weighted by Crippen LogP contribution is -2.37. The summed E-state index contributed by atoms with van der Waals surface area (Å²) in [5, 5.41) is 0. The van der Waals surface area contributed by atoms with Crippen LogP contribution in [0.25, 0.3) is 0 Å². The molecule has 166 valence electrons. The largest absolute Gasteiger partial charge is 0.493 e. The van der Waals surface area contributed by atoms with Gasteiger partial charge in [-0.2, -0.15) is 0 Å². The third-order valence-corrected chi connectivity index (χ3v) is 4.80. The van der Waals surface area contributed by atoms with Crippen molar-refractivity contribution >= 4 is 17.6 Å². The molecule has 0 saturated heterocycles. The monoisotopic (exact) mass is 436 g/mol. The quantitative estimate of drug-likeness (QED) is 0.519. The Morgan fingerprint density at radius 1 is 0.688 bits per heavy atom. The number of carbonyl (C=O) groups excluding carboxylic acids is 2. The van der Waals surface area contributed by atoms with Crippen molar-refractivity contribution in [1.29, 1.82) is 0 Å². The molecule has 0 aliphatic rings. The van der Waals surface area contributed by atoms with Crippen LogP contribution in [0.2, 0.25) is 0 Å². The number of nitrogens with zero attached hydrogens (tertiary/aromatic N) is 2. The molecule has 32 heavy (non-hydrogen) atoms. The number of pyridine rings is 1. The third kappa shape index (κ3) is 4.49. The molecule has 1 heterocycles. The van der Waals surface area contributed by atoms with Crippen LogP contribution < -0.4 is 23.8 Å². The minimum absolute atomic E-state index is 0.199. The second-order valence-electron chi connectivity index (χ2n) is 6.78. The summed E-state index contributed by atoms with van der Waals surface area (Å²) < 4.78 is 21.1. The number of imide groups is 1. The maximum Gasteiger partial charge on any atom is 0.266 e. The number of hydrogen-bond acceptors (Lipinski definition) is 7. The molecule has 0 unspecified atom stereocenters. The van der Waals surface area contributed by atoms with E-state index in [9.17, 15) is 9.59 Å². The average molecular weight is 436 g/mol. The highest BCUT2D eigenvalue weighted by Gasteiger charge is 2.28. The van der Waals surface area contributed by atoms with E-state index in [4.69, 9.17) is 18.9 Å². The number of benzene rings is 2. The number of methoxy groups -OCH3 is 4. The van der Waals surface area contributed by atoms with Crippen molar-refractivity contribution in [2.45, 2.75) is 6.92 Å². The van der Waals surface area contributed by atoms with Gasteiger partial charge in [-0.3, -0.25) is 9.59 Å². The maximum absolute atomic E-state index is 13.5. The number of aryl methyl sites for hydroxylation is 1. The Morgan fingerprint density at radius 2 is 1.16 bits per heavy atom. The molecule has 8 heteroatoms. The lowest BCUT2D eigenvalue weighted by atomic mass is 10.1. The summed E-state index contributed by atoms with van der Waals surface area (Å²) in [5.41, 5.74) is 1.32. The highest BCUT2D eigenvalue weighted by molar-refractivity contribution is 6.25. The van der Waals surface area contributed by atoms with Crippen molar-refractivity contribution in [3.8, 4) is 23.0 Å². The van der Waals surface area contributed by atoms with E-state index in [1.807, 2.05) is 6.92 Å². The zero-order valence-corrected chi connectivity index (χ0v) is 18.5. The molecule has 0 bridgehead atoms. The summed E-state index contributed by atoms with van der Waals surface area (Å²) in [7, 11) is 5.95. The van der Waals surface area contributed by atoms with E-state index >= 15 is 0 Å². The van der Waals surface area contributed by atoms with Gasteiger partial charge in [0.2, 0.25) is 0 Å². The standard InChI is InChI=1S/C24H24N2O6/c1-15-10-11-25-22(12-15)26(23(27)16-6-8-18(29-2)20(13-16)31-4)24(28)17-7-9-19(30-3)21(14-17)32-5/h6-14H,1-5H3. The summed E-state index contributed by atoms with van der Waals surface area (Å²) in [6.45, 7) is 1.85. The van der Waals surface area contributed by atoms with Crippen molar-refractivity contribution < 1.29 is 28.5 Å². The fourth-order valence-corrected chi connectivity index (χ4v) is 3.14. The van der Waals surface area contributed by atoms with Gasteiger partial charge in [-0.1, -0.05) is 0 Å². The van der Waals surface area contributed by atoms with Crippen LogP contribution in [0.1, 0.15) is 26.3 Å². The van der Waals surface area contributed by atoms with E-state index in [1.54, 1.807) is 42.6 Å². The van der Waals surface area contributed by atoms with Crippen LogP contribution in [-0.2, 0) is 0 Å². The predicted molar refractivity (Wildman–Crippen MR) is 119 cm³/mol. The fourth-order valence-electron chi connectivity index (χ4n) is 3.14. The van der Waals surface area contributed by atoms with Crippen LogP contribution >= 0.6 is 0 Å². The molecule has 0 atom stereocenters. The molecule has 8 nitrogen and oxygen atoms in total. The number of rotatable bonds is 7. The lowest BCUT2D eigenvalue weighted by Gasteiger charge is -2.21. The second kappa shape index (κ2) is 9.82. The molecule has 0 spiro atoms. The highest BCUT2D eigenvalue weighted by atomic mass is 16.5. The highest BCUT2D eigenvalue weighted by Crippen LogP contribution is 2.31. The molecular weight excluding hydrogens is 412 g/mol. The van der Waals surface area contributed by atoms with Crippen LogP contribution in [0.4, 0.5) is 5.82 Å². The zero-order valence-electron chi connectivity index (χ0n) is 18.5. The Bertz CT molecular complexity index is 1080. The van der Waals surface area contributed by atoms with E-state index < -0.39 is 11.8 Å². The molecule has 1 aromatic heterocycles. The smallest absolute Gasteiger partial charge is 0.266 e. The number of aromatic nitrogens is 1. The number of amides is 2. The van der Waals surface area contributed by atoms with Crippen LogP contribution in [0.5, 0.6) is 23.0 Å². The summed E-state index contributed by atoms with van der Waals surface area (Å²) in [5.74, 6) is 0.742. The Hall–Kier alpha value is -4.07. The lowest BCUT2D eigenvalue weighted by molar-refractivity contribution is 0.0896. The Kier molecular flexibility index (Phi) is 6.94. The molecule has 0 aliphatic carbocycles. The zero-order chi connectivity index (χ0) is 23.3. The van der Waals surface area contributed by atoms with Gasteiger partial charge in [0.15, 0.2) is 23.0 Å². The van der Waals surface area contributed by atoms with E-state index in [1.165, 1.54) is 40.6 Å². The SMILES string of the molecule is COc1ccc(C(=O)N(C(=O)c2ccc(OC)c(OC)c2)c2cc(C)ccn2)cc1OC. The topological polar surface area (TPSA) is 87.2 Å². The summed E-state index contributed by atoms with van der Waals surface area (Å²) in [6, 6.07) is 12.8. The molecular formula is C24H24N2O6. The number of carbonyl (C=O) groups is 2. The Balaban J connectivity index is 2.11. The van der Waals surface area contributed by atoms with Gasteiger partial charge in [-0.15, -0.1) is 0 Å². The first-order chi connectivity index (χ1) is 15.4. The van der Waals surface area contributed by atoms with Crippen LogP contribution in [0, 0.1) is 6.92 Å². The normalized spacial score (nSPS) is 10.3. The van der Waals surface area contributed by atoms with Crippen LogP contribution in [0.15, 0.2) is 54.7 Å². The molecule has 2 amide bonds. The van der Waals surface area contributed by atoms with E-state index in [0.717, 1.165) is 10.5 Å². The first-order valence-electron chi connectivity index (χ1n) is 9.69. The van der Waals surface area contributed by atoms with Gasteiger partial charge in [0, 0.05) is 17.3 Å². The van der Waals surface area contributed by atoms with Crippen molar-refractivity contribution in [3.63, 3.8) is 0 Å². The van der Waals surface area contributed by atoms with E-state index in [2.05, 4.69) is 4.98 Å². The van der Waals surface area contributed by atoms with Gasteiger partial charge < -0.3 is 18.9 Å². The molecule has 3 aromatic rings. The summed E-state index contributed by atoms with van der Waals surface area (Å²) in [4.78, 5) is 32.3. The second-order valence-corrected chi connectivity index (χ2v) is 6.78. The minimum Gasteiger partial charge on any atom is -0.493 e.